The van der Waals surface area contributed by atoms with E-state index in [0.717, 1.165) is 22.5 Å². The number of nitrogens with zero attached hydrogens (tertiary/aromatic N) is 2. The van der Waals surface area contributed by atoms with Crippen LogP contribution < -0.4 is 5.32 Å². The second-order valence-corrected chi connectivity index (χ2v) is 9.70. The molecule has 2 aromatic rings. The van der Waals surface area contributed by atoms with Gasteiger partial charge in [0.05, 0.1) is 16.5 Å². The summed E-state index contributed by atoms with van der Waals surface area (Å²) in [6.45, 7) is 3.73. The van der Waals surface area contributed by atoms with E-state index in [1.165, 1.54) is 6.92 Å². The molecule has 3 rings (SSSR count). The zero-order chi connectivity index (χ0) is 24.4. The van der Waals surface area contributed by atoms with Crippen LogP contribution in [0.15, 0.2) is 53.4 Å². The molecule has 33 heavy (non-hydrogen) atoms. The molecule has 1 aliphatic rings. The fourth-order valence-electron chi connectivity index (χ4n) is 3.64. The number of nitrogens with one attached hydrogen (secondary N) is 1. The number of carbonyl (C=O) groups is 2. The van der Waals surface area contributed by atoms with E-state index in [2.05, 4.69) is 5.32 Å². The number of sulfonamides is 1. The fourth-order valence-corrected chi connectivity index (χ4v) is 5.11. The molecule has 1 atom stereocenters. The lowest BCUT2D eigenvalue weighted by Gasteiger charge is -2.36. The molecule has 7 nitrogen and oxygen atoms in total. The first kappa shape index (κ1) is 24.9. The number of rotatable bonds is 6. The van der Waals surface area contributed by atoms with Crippen molar-refractivity contribution in [2.45, 2.75) is 31.0 Å². The molecule has 178 valence electrons. The van der Waals surface area contributed by atoms with Gasteiger partial charge in [-0.3, -0.25) is 14.5 Å². The van der Waals surface area contributed by atoms with Crippen LogP contribution in [0.3, 0.4) is 0 Å². The Kier molecular flexibility index (Phi) is 7.25. The molecule has 1 heterocycles. The molecular weight excluding hydrogens is 459 g/mol. The van der Waals surface area contributed by atoms with Crippen LogP contribution in [0, 0.1) is 0 Å². The van der Waals surface area contributed by atoms with Gasteiger partial charge in [0.1, 0.15) is 0 Å². The Balaban J connectivity index is 1.65. The molecule has 1 saturated heterocycles. The third-order valence-corrected chi connectivity index (χ3v) is 7.38. The predicted molar refractivity (Wildman–Crippen MR) is 116 cm³/mol. The minimum atomic E-state index is -4.64. The van der Waals surface area contributed by atoms with Gasteiger partial charge in [0, 0.05) is 44.4 Å². The first-order chi connectivity index (χ1) is 15.4. The molecule has 1 fully saturated rings. The van der Waals surface area contributed by atoms with Gasteiger partial charge in [-0.05, 0) is 49.4 Å². The van der Waals surface area contributed by atoms with Gasteiger partial charge < -0.3 is 5.32 Å². The number of halogens is 3. The summed E-state index contributed by atoms with van der Waals surface area (Å²) in [7, 11) is -4.09. The second-order valence-electron chi connectivity index (χ2n) is 7.76. The number of anilines is 1. The van der Waals surface area contributed by atoms with Crippen LogP contribution in [0.1, 0.15) is 29.8 Å². The largest absolute Gasteiger partial charge is 0.416 e. The lowest BCUT2D eigenvalue weighted by Crippen LogP contribution is -2.53. The van der Waals surface area contributed by atoms with Crippen molar-refractivity contribution in [1.82, 2.24) is 9.21 Å². The minimum Gasteiger partial charge on any atom is -0.326 e. The Hall–Kier alpha value is -2.76. The lowest BCUT2D eigenvalue weighted by atomic mass is 10.0. The van der Waals surface area contributed by atoms with Crippen LogP contribution in [-0.4, -0.2) is 61.5 Å². The molecule has 0 radical (unpaired) electrons. The smallest absolute Gasteiger partial charge is 0.326 e. The normalized spacial score (nSPS) is 16.9. The molecule has 2 aromatic carbocycles. The highest BCUT2D eigenvalue weighted by Gasteiger charge is 2.35. The zero-order valence-electron chi connectivity index (χ0n) is 18.1. The van der Waals surface area contributed by atoms with E-state index in [1.807, 2.05) is 4.90 Å². The SMILES string of the molecule is CC(=O)Nc1ccc(C(=O)[C@@H](C)N2CCN(S(=O)(=O)c3cccc(C(F)(F)F)c3)CC2)cc1. The van der Waals surface area contributed by atoms with E-state index in [9.17, 15) is 31.2 Å². The monoisotopic (exact) mass is 483 g/mol. The van der Waals surface area contributed by atoms with Crippen molar-refractivity contribution in [3.63, 3.8) is 0 Å². The Labute approximate surface area is 190 Å². The number of piperazine rings is 1. The maximum atomic E-state index is 13.0. The third-order valence-electron chi connectivity index (χ3n) is 5.49. The molecule has 1 aliphatic heterocycles. The minimum absolute atomic E-state index is 0.0532. The molecule has 0 aromatic heterocycles. The van der Waals surface area contributed by atoms with E-state index in [0.29, 0.717) is 17.3 Å². The average Bonchev–Trinajstić information content (AvgIpc) is 2.78. The van der Waals surface area contributed by atoms with Crippen molar-refractivity contribution >= 4 is 27.4 Å². The molecule has 0 unspecified atom stereocenters. The van der Waals surface area contributed by atoms with Gasteiger partial charge in [-0.15, -0.1) is 0 Å². The molecule has 1 amide bonds. The quantitative estimate of drug-likeness (QED) is 0.638. The maximum absolute atomic E-state index is 13.0. The summed E-state index contributed by atoms with van der Waals surface area (Å²) in [5.74, 6) is -0.376. The number of ketones is 1. The summed E-state index contributed by atoms with van der Waals surface area (Å²) in [6.07, 6.45) is -4.64. The van der Waals surface area contributed by atoms with Crippen molar-refractivity contribution in [3.05, 3.63) is 59.7 Å². The number of Topliss-reactive ketones (excluding diaryl/α,β-unsaturated/α-hetero) is 1. The fraction of sp³-hybridized carbons (Fsp3) is 0.364. The topological polar surface area (TPSA) is 86.8 Å². The number of benzene rings is 2. The van der Waals surface area contributed by atoms with E-state index < -0.39 is 32.7 Å². The van der Waals surface area contributed by atoms with Crippen LogP contribution in [0.25, 0.3) is 0 Å². The maximum Gasteiger partial charge on any atom is 0.416 e. The number of amides is 1. The standard InChI is InChI=1S/C22H24F3N3O4S/c1-15(21(30)17-6-8-19(9-7-17)26-16(2)29)27-10-12-28(13-11-27)33(31,32)20-5-3-4-18(14-20)22(23,24)25/h3-9,14-15H,10-13H2,1-2H3,(H,26,29)/t15-/m1/s1. The number of hydrogen-bond donors (Lipinski definition) is 1. The van der Waals surface area contributed by atoms with Crippen LogP contribution in [0.5, 0.6) is 0 Å². The Morgan fingerprint density at radius 2 is 1.61 bits per heavy atom. The number of hydrogen-bond acceptors (Lipinski definition) is 5. The molecular formula is C22H24F3N3O4S. The van der Waals surface area contributed by atoms with Crippen LogP contribution >= 0.6 is 0 Å². The van der Waals surface area contributed by atoms with E-state index >= 15 is 0 Å². The Bertz CT molecular complexity index is 1130. The van der Waals surface area contributed by atoms with Gasteiger partial charge in [-0.1, -0.05) is 6.07 Å². The van der Waals surface area contributed by atoms with Crippen molar-refractivity contribution < 1.29 is 31.2 Å². The van der Waals surface area contributed by atoms with Crippen molar-refractivity contribution in [1.29, 1.82) is 0 Å². The van der Waals surface area contributed by atoms with Gasteiger partial charge in [0.25, 0.3) is 0 Å². The Morgan fingerprint density at radius 3 is 2.15 bits per heavy atom. The summed E-state index contributed by atoms with van der Waals surface area (Å²) in [5.41, 5.74) is 0.00156. The van der Waals surface area contributed by atoms with Gasteiger partial charge in [-0.2, -0.15) is 17.5 Å². The summed E-state index contributed by atoms with van der Waals surface area (Å²) in [6, 6.07) is 9.64. The molecule has 11 heteroatoms. The van der Waals surface area contributed by atoms with Crippen LogP contribution in [0.4, 0.5) is 18.9 Å². The van der Waals surface area contributed by atoms with Crippen molar-refractivity contribution in [2.24, 2.45) is 0 Å². The number of carbonyl (C=O) groups excluding carboxylic acids is 2. The summed E-state index contributed by atoms with van der Waals surface area (Å²) in [5, 5.41) is 2.62. The highest BCUT2D eigenvalue weighted by molar-refractivity contribution is 7.89. The van der Waals surface area contributed by atoms with Crippen LogP contribution in [0.2, 0.25) is 0 Å². The second kappa shape index (κ2) is 9.62. The molecule has 0 spiro atoms. The zero-order valence-corrected chi connectivity index (χ0v) is 18.9. The Morgan fingerprint density at radius 1 is 1.00 bits per heavy atom. The van der Waals surface area contributed by atoms with Crippen molar-refractivity contribution in [3.8, 4) is 0 Å². The summed E-state index contributed by atoms with van der Waals surface area (Å²) >= 11 is 0. The van der Waals surface area contributed by atoms with Gasteiger partial charge in [0.15, 0.2) is 5.78 Å². The predicted octanol–water partition coefficient (Wildman–Crippen LogP) is 3.24. The summed E-state index contributed by atoms with van der Waals surface area (Å²) in [4.78, 5) is 25.4. The molecule has 0 bridgehead atoms. The molecule has 0 saturated carbocycles. The molecule has 1 N–H and O–H groups in total. The molecule has 0 aliphatic carbocycles. The van der Waals surface area contributed by atoms with E-state index in [1.54, 1.807) is 31.2 Å². The highest BCUT2D eigenvalue weighted by Crippen LogP contribution is 2.31. The average molecular weight is 484 g/mol. The van der Waals surface area contributed by atoms with Gasteiger partial charge in [-0.25, -0.2) is 8.42 Å². The van der Waals surface area contributed by atoms with Gasteiger partial charge >= 0.3 is 6.18 Å². The van der Waals surface area contributed by atoms with E-state index in [-0.39, 0.29) is 37.9 Å². The highest BCUT2D eigenvalue weighted by atomic mass is 32.2. The van der Waals surface area contributed by atoms with Gasteiger partial charge in [0.2, 0.25) is 15.9 Å². The van der Waals surface area contributed by atoms with Crippen LogP contribution in [-0.2, 0) is 21.0 Å². The first-order valence-corrected chi connectivity index (χ1v) is 11.7. The van der Waals surface area contributed by atoms with E-state index in [4.69, 9.17) is 0 Å². The third kappa shape index (κ3) is 5.79. The summed E-state index contributed by atoms with van der Waals surface area (Å²) < 4.78 is 65.7. The number of alkyl halides is 3. The lowest BCUT2D eigenvalue weighted by molar-refractivity contribution is -0.137. The van der Waals surface area contributed by atoms with Crippen molar-refractivity contribution in [2.75, 3.05) is 31.5 Å². The first-order valence-electron chi connectivity index (χ1n) is 10.2.